The van der Waals surface area contributed by atoms with Crippen molar-refractivity contribution < 1.29 is 23.9 Å². The number of amides is 2. The van der Waals surface area contributed by atoms with E-state index in [0.717, 1.165) is 16.9 Å². The van der Waals surface area contributed by atoms with Crippen molar-refractivity contribution in [2.24, 2.45) is 0 Å². The molecule has 0 aliphatic heterocycles. The summed E-state index contributed by atoms with van der Waals surface area (Å²) in [7, 11) is 0. The van der Waals surface area contributed by atoms with Gasteiger partial charge in [-0.25, -0.2) is 4.79 Å². The van der Waals surface area contributed by atoms with Gasteiger partial charge in [-0.2, -0.15) is 0 Å². The van der Waals surface area contributed by atoms with Crippen molar-refractivity contribution in [2.45, 2.75) is 52.9 Å². The summed E-state index contributed by atoms with van der Waals surface area (Å²) in [5.41, 5.74) is 2.24. The second-order valence-corrected chi connectivity index (χ2v) is 10.0. The van der Waals surface area contributed by atoms with E-state index in [1.807, 2.05) is 36.6 Å². The molecule has 2 aromatic heterocycles. The smallest absolute Gasteiger partial charge is 0.341 e. The number of aromatic nitrogens is 3. The minimum atomic E-state index is -0.588. The van der Waals surface area contributed by atoms with Crippen molar-refractivity contribution in [3.05, 3.63) is 57.2 Å². The predicted octanol–water partition coefficient (Wildman–Crippen LogP) is 4.02. The molecule has 2 amide bonds. The second-order valence-electron chi connectivity index (χ2n) is 8.07. The highest BCUT2D eigenvalue weighted by atomic mass is 32.2. The fourth-order valence-electron chi connectivity index (χ4n) is 3.60. The number of Topliss-reactive ketones (excluding diaryl/α,β-unsaturated/α-hetero) is 1. The van der Waals surface area contributed by atoms with Crippen LogP contribution in [0.15, 0.2) is 29.4 Å². The van der Waals surface area contributed by atoms with Crippen LogP contribution in [0.5, 0.6) is 0 Å². The summed E-state index contributed by atoms with van der Waals surface area (Å²) in [5, 5.41) is 14.7. The molecular weight excluding hydrogens is 514 g/mol. The minimum absolute atomic E-state index is 0.00238. The van der Waals surface area contributed by atoms with E-state index in [-0.39, 0.29) is 47.1 Å². The van der Waals surface area contributed by atoms with Gasteiger partial charge >= 0.3 is 5.97 Å². The first-order valence-electron chi connectivity index (χ1n) is 11.7. The van der Waals surface area contributed by atoms with Crippen LogP contribution in [0.4, 0.5) is 5.00 Å². The Labute approximate surface area is 223 Å². The predicted molar refractivity (Wildman–Crippen MR) is 142 cm³/mol. The number of hydrogen-bond donors (Lipinski definition) is 2. The lowest BCUT2D eigenvalue weighted by Gasteiger charge is -2.09. The van der Waals surface area contributed by atoms with Crippen molar-refractivity contribution in [1.29, 1.82) is 0 Å². The number of ketones is 1. The molecule has 0 atom stereocenters. The first-order chi connectivity index (χ1) is 17.7. The zero-order valence-corrected chi connectivity index (χ0v) is 23.0. The number of carbonyl (C=O) groups excluding carboxylic acids is 4. The Morgan fingerprint density at radius 1 is 1.14 bits per heavy atom. The Kier molecular flexibility index (Phi) is 9.59. The normalized spacial score (nSPS) is 10.7. The molecule has 3 rings (SSSR count). The molecular formula is C25H29N5O5S2. The van der Waals surface area contributed by atoms with Gasteiger partial charge in [0.05, 0.1) is 29.3 Å². The summed E-state index contributed by atoms with van der Waals surface area (Å²) in [4.78, 5) is 50.0. The number of nitrogens with one attached hydrogen (secondary N) is 2. The lowest BCUT2D eigenvalue weighted by atomic mass is 10.1. The summed E-state index contributed by atoms with van der Waals surface area (Å²) in [5.74, 6) is -0.794. The summed E-state index contributed by atoms with van der Waals surface area (Å²) < 4.78 is 6.93. The number of carbonyl (C=O) groups is 4. The number of aryl methyl sites for hydroxylation is 1. The molecule has 0 aliphatic rings. The lowest BCUT2D eigenvalue weighted by molar-refractivity contribution is -0.113. The number of thiophene rings is 1. The maximum Gasteiger partial charge on any atom is 0.341 e. The van der Waals surface area contributed by atoms with Crippen LogP contribution in [-0.2, 0) is 22.6 Å². The Hall–Kier alpha value is -3.51. The zero-order chi connectivity index (χ0) is 27.1. The molecule has 0 fully saturated rings. The third kappa shape index (κ3) is 6.83. The maximum absolute atomic E-state index is 12.7. The number of nitrogens with zero attached hydrogens (tertiary/aromatic N) is 3. The van der Waals surface area contributed by atoms with Crippen LogP contribution < -0.4 is 10.6 Å². The van der Waals surface area contributed by atoms with Crippen LogP contribution in [0, 0.1) is 13.8 Å². The molecule has 2 heterocycles. The summed E-state index contributed by atoms with van der Waals surface area (Å²) >= 11 is 2.23. The molecule has 0 bridgehead atoms. The van der Waals surface area contributed by atoms with Crippen LogP contribution in [-0.4, -0.2) is 50.7 Å². The average molecular weight is 544 g/mol. The Bertz CT molecular complexity index is 1330. The number of thioether (sulfide) groups is 1. The van der Waals surface area contributed by atoms with Gasteiger partial charge in [-0.1, -0.05) is 29.5 Å². The summed E-state index contributed by atoms with van der Waals surface area (Å²) in [6.07, 6.45) is 0. The van der Waals surface area contributed by atoms with Gasteiger partial charge in [-0.15, -0.1) is 21.5 Å². The van der Waals surface area contributed by atoms with Gasteiger partial charge in [-0.3, -0.25) is 14.4 Å². The largest absolute Gasteiger partial charge is 0.462 e. The zero-order valence-electron chi connectivity index (χ0n) is 21.3. The Morgan fingerprint density at radius 2 is 1.89 bits per heavy atom. The first-order valence-corrected chi connectivity index (χ1v) is 13.5. The third-order valence-corrected chi connectivity index (χ3v) is 7.60. The molecule has 0 saturated carbocycles. The van der Waals surface area contributed by atoms with E-state index >= 15 is 0 Å². The van der Waals surface area contributed by atoms with Gasteiger partial charge in [0.25, 0.3) is 5.91 Å². The third-order valence-electron chi connectivity index (χ3n) is 5.33. The molecule has 0 radical (unpaired) electrons. The van der Waals surface area contributed by atoms with Gasteiger partial charge in [0.2, 0.25) is 5.91 Å². The minimum Gasteiger partial charge on any atom is -0.462 e. The number of hydrogen-bond acceptors (Lipinski definition) is 9. The number of anilines is 1. The standard InChI is InChI=1S/C25H29N5O5S2/c1-6-30-18(12-26-22(33)17-10-8-9-14(3)11-17)28-29-25(30)36-13-19(32)27-23-20(24(34)35-7-2)15(4)21(37-23)16(5)31/h8-11H,6-7,12-13H2,1-5H3,(H,26,33)(H,27,32). The lowest BCUT2D eigenvalue weighted by Crippen LogP contribution is -2.25. The highest BCUT2D eigenvalue weighted by Gasteiger charge is 2.25. The molecule has 0 aliphatic carbocycles. The van der Waals surface area contributed by atoms with Crippen LogP contribution in [0.1, 0.15) is 68.1 Å². The van der Waals surface area contributed by atoms with Gasteiger partial charge < -0.3 is 19.9 Å². The molecule has 0 spiro atoms. The molecule has 10 nitrogen and oxygen atoms in total. The fraction of sp³-hybridized carbons (Fsp3) is 0.360. The second kappa shape index (κ2) is 12.6. The number of esters is 1. The van der Waals surface area contributed by atoms with Crippen molar-refractivity contribution in [3.63, 3.8) is 0 Å². The van der Waals surface area contributed by atoms with Crippen LogP contribution >= 0.6 is 23.1 Å². The number of ether oxygens (including phenoxy) is 1. The van der Waals surface area contributed by atoms with Crippen molar-refractivity contribution in [1.82, 2.24) is 20.1 Å². The fourth-order valence-corrected chi connectivity index (χ4v) is 5.53. The van der Waals surface area contributed by atoms with Crippen molar-refractivity contribution in [2.75, 3.05) is 17.7 Å². The average Bonchev–Trinajstić information content (AvgIpc) is 3.41. The monoisotopic (exact) mass is 543 g/mol. The van der Waals surface area contributed by atoms with Crippen LogP contribution in [0.3, 0.4) is 0 Å². The summed E-state index contributed by atoms with van der Waals surface area (Å²) in [6, 6.07) is 7.30. The van der Waals surface area contributed by atoms with E-state index < -0.39 is 5.97 Å². The quantitative estimate of drug-likeness (QED) is 0.211. The van der Waals surface area contributed by atoms with Gasteiger partial charge in [0, 0.05) is 12.1 Å². The highest BCUT2D eigenvalue weighted by molar-refractivity contribution is 7.99. The molecule has 12 heteroatoms. The number of rotatable bonds is 11. The van der Waals surface area contributed by atoms with E-state index in [9.17, 15) is 19.2 Å². The topological polar surface area (TPSA) is 132 Å². The van der Waals surface area contributed by atoms with E-state index in [4.69, 9.17) is 4.74 Å². The van der Waals surface area contributed by atoms with E-state index in [1.54, 1.807) is 19.9 Å². The molecule has 0 saturated heterocycles. The van der Waals surface area contributed by atoms with Gasteiger partial charge in [0.15, 0.2) is 16.8 Å². The van der Waals surface area contributed by atoms with E-state index in [2.05, 4.69) is 20.8 Å². The Morgan fingerprint density at radius 3 is 2.54 bits per heavy atom. The first kappa shape index (κ1) is 28.1. The molecule has 2 N–H and O–H groups in total. The molecule has 37 heavy (non-hydrogen) atoms. The number of benzene rings is 1. The van der Waals surface area contributed by atoms with Crippen LogP contribution in [0.2, 0.25) is 0 Å². The van der Waals surface area contributed by atoms with E-state index in [0.29, 0.717) is 33.5 Å². The van der Waals surface area contributed by atoms with Gasteiger partial charge in [-0.05, 0) is 52.3 Å². The molecule has 3 aromatic rings. The molecule has 0 unspecified atom stereocenters. The van der Waals surface area contributed by atoms with Gasteiger partial charge in [0.1, 0.15) is 5.00 Å². The maximum atomic E-state index is 12.7. The molecule has 196 valence electrons. The van der Waals surface area contributed by atoms with E-state index in [1.165, 1.54) is 18.7 Å². The van der Waals surface area contributed by atoms with Crippen molar-refractivity contribution >= 4 is 51.7 Å². The highest BCUT2D eigenvalue weighted by Crippen LogP contribution is 2.34. The molecule has 1 aromatic carbocycles. The van der Waals surface area contributed by atoms with Crippen LogP contribution in [0.25, 0.3) is 0 Å². The summed E-state index contributed by atoms with van der Waals surface area (Å²) in [6.45, 7) is 9.50. The Balaban J connectivity index is 1.66. The SMILES string of the molecule is CCOC(=O)c1c(NC(=O)CSc2nnc(CNC(=O)c3cccc(C)c3)n2CC)sc(C(C)=O)c1C. The van der Waals surface area contributed by atoms with Crippen molar-refractivity contribution in [3.8, 4) is 0 Å².